The summed E-state index contributed by atoms with van der Waals surface area (Å²) < 4.78 is 0. The minimum Gasteiger partial charge on any atom is -0.352 e. The quantitative estimate of drug-likeness (QED) is 0.729. The molecule has 0 heterocycles. The van der Waals surface area contributed by atoms with E-state index in [0.29, 0.717) is 18.7 Å². The molecule has 0 aliphatic rings. The van der Waals surface area contributed by atoms with Crippen LogP contribution >= 0.6 is 0 Å². The standard InChI is InChI=1S/C19H23N3O2/c1-2-15(16-8-4-3-5-9-16)12-18(23)21-13-14-7-6-10-17(11-14)22-19(20)24/h3-11,15H,2,12-13H2,1H3,(H,21,23)(H3,20,22,24). The van der Waals surface area contributed by atoms with Crippen molar-refractivity contribution in [1.29, 1.82) is 0 Å². The Morgan fingerprint density at radius 1 is 1.08 bits per heavy atom. The number of nitrogens with one attached hydrogen (secondary N) is 2. The molecule has 0 aromatic heterocycles. The maximum Gasteiger partial charge on any atom is 0.316 e. The van der Waals surface area contributed by atoms with Crippen molar-refractivity contribution in [2.45, 2.75) is 32.2 Å². The molecule has 1 atom stereocenters. The molecule has 1 unspecified atom stereocenters. The molecule has 0 aliphatic heterocycles. The minimum absolute atomic E-state index is 0.0129. The van der Waals surface area contributed by atoms with Gasteiger partial charge in [0.1, 0.15) is 0 Å². The van der Waals surface area contributed by atoms with Crippen LogP contribution in [0.3, 0.4) is 0 Å². The Kier molecular flexibility index (Phi) is 6.37. The van der Waals surface area contributed by atoms with E-state index in [1.165, 1.54) is 5.56 Å². The monoisotopic (exact) mass is 325 g/mol. The molecule has 0 saturated carbocycles. The van der Waals surface area contributed by atoms with Crippen molar-refractivity contribution in [3.05, 3.63) is 65.7 Å². The number of benzene rings is 2. The summed E-state index contributed by atoms with van der Waals surface area (Å²) in [6.07, 6.45) is 1.37. The van der Waals surface area contributed by atoms with Crippen LogP contribution in [0, 0.1) is 0 Å². The molecular formula is C19H23N3O2. The van der Waals surface area contributed by atoms with Crippen molar-refractivity contribution < 1.29 is 9.59 Å². The third-order valence-corrected chi connectivity index (χ3v) is 3.88. The lowest BCUT2D eigenvalue weighted by Crippen LogP contribution is -2.24. The second-order valence-corrected chi connectivity index (χ2v) is 5.69. The number of primary amides is 1. The highest BCUT2D eigenvalue weighted by atomic mass is 16.2. The van der Waals surface area contributed by atoms with E-state index in [1.54, 1.807) is 12.1 Å². The lowest BCUT2D eigenvalue weighted by molar-refractivity contribution is -0.121. The van der Waals surface area contributed by atoms with Gasteiger partial charge in [-0.1, -0.05) is 49.4 Å². The van der Waals surface area contributed by atoms with Gasteiger partial charge >= 0.3 is 6.03 Å². The Balaban J connectivity index is 1.89. The largest absolute Gasteiger partial charge is 0.352 e. The predicted octanol–water partition coefficient (Wildman–Crippen LogP) is 3.38. The van der Waals surface area contributed by atoms with Gasteiger partial charge in [-0.15, -0.1) is 0 Å². The summed E-state index contributed by atoms with van der Waals surface area (Å²) in [5.74, 6) is 0.230. The van der Waals surface area contributed by atoms with Crippen molar-refractivity contribution in [3.63, 3.8) is 0 Å². The summed E-state index contributed by atoms with van der Waals surface area (Å²) in [6.45, 7) is 2.50. The van der Waals surface area contributed by atoms with Crippen LogP contribution in [-0.4, -0.2) is 11.9 Å². The highest BCUT2D eigenvalue weighted by Gasteiger charge is 2.13. The Labute approximate surface area is 142 Å². The molecule has 24 heavy (non-hydrogen) atoms. The van der Waals surface area contributed by atoms with E-state index in [0.717, 1.165) is 12.0 Å². The van der Waals surface area contributed by atoms with Crippen LogP contribution in [0.1, 0.15) is 36.8 Å². The third kappa shape index (κ3) is 5.43. The molecule has 0 aliphatic carbocycles. The molecule has 126 valence electrons. The second-order valence-electron chi connectivity index (χ2n) is 5.69. The number of rotatable bonds is 7. The molecule has 2 aromatic carbocycles. The Morgan fingerprint density at radius 3 is 2.50 bits per heavy atom. The number of hydrogen-bond acceptors (Lipinski definition) is 2. The van der Waals surface area contributed by atoms with Crippen molar-refractivity contribution in [3.8, 4) is 0 Å². The summed E-state index contributed by atoms with van der Waals surface area (Å²) in [4.78, 5) is 23.1. The third-order valence-electron chi connectivity index (χ3n) is 3.88. The number of hydrogen-bond donors (Lipinski definition) is 3. The van der Waals surface area contributed by atoms with E-state index >= 15 is 0 Å². The lowest BCUT2D eigenvalue weighted by atomic mass is 9.93. The zero-order valence-corrected chi connectivity index (χ0v) is 13.8. The number of amides is 3. The highest BCUT2D eigenvalue weighted by Crippen LogP contribution is 2.22. The first-order valence-electron chi connectivity index (χ1n) is 8.05. The van der Waals surface area contributed by atoms with Crippen molar-refractivity contribution in [1.82, 2.24) is 5.32 Å². The maximum atomic E-state index is 12.2. The summed E-state index contributed by atoms with van der Waals surface area (Å²) >= 11 is 0. The molecule has 0 saturated heterocycles. The van der Waals surface area contributed by atoms with Crippen molar-refractivity contribution in [2.24, 2.45) is 5.73 Å². The van der Waals surface area contributed by atoms with Gasteiger partial charge in [0.05, 0.1) is 0 Å². The van der Waals surface area contributed by atoms with E-state index < -0.39 is 6.03 Å². The fourth-order valence-electron chi connectivity index (χ4n) is 2.62. The number of urea groups is 1. The van der Waals surface area contributed by atoms with E-state index in [1.807, 2.05) is 30.3 Å². The Bertz CT molecular complexity index is 686. The topological polar surface area (TPSA) is 84.2 Å². The summed E-state index contributed by atoms with van der Waals surface area (Å²) in [5.41, 5.74) is 7.81. The first-order valence-corrected chi connectivity index (χ1v) is 8.05. The summed E-state index contributed by atoms with van der Waals surface area (Å²) in [7, 11) is 0. The number of carbonyl (C=O) groups excluding carboxylic acids is 2. The molecule has 5 nitrogen and oxygen atoms in total. The van der Waals surface area contributed by atoms with Gasteiger partial charge in [-0.2, -0.15) is 0 Å². The SMILES string of the molecule is CCC(CC(=O)NCc1cccc(NC(N)=O)c1)c1ccccc1. The molecule has 4 N–H and O–H groups in total. The molecule has 0 bridgehead atoms. The molecular weight excluding hydrogens is 302 g/mol. The number of nitrogens with two attached hydrogens (primary N) is 1. The molecule has 2 aromatic rings. The molecule has 0 radical (unpaired) electrons. The molecule has 0 fully saturated rings. The zero-order valence-electron chi connectivity index (χ0n) is 13.8. The zero-order chi connectivity index (χ0) is 17.4. The summed E-state index contributed by atoms with van der Waals surface area (Å²) in [6, 6.07) is 16.7. The van der Waals surface area contributed by atoms with Crippen LogP contribution in [0.4, 0.5) is 10.5 Å². The smallest absolute Gasteiger partial charge is 0.316 e. The van der Waals surface area contributed by atoms with Gasteiger partial charge in [0.15, 0.2) is 0 Å². The van der Waals surface area contributed by atoms with Gasteiger partial charge in [0.2, 0.25) is 5.91 Å². The van der Waals surface area contributed by atoms with Crippen molar-refractivity contribution in [2.75, 3.05) is 5.32 Å². The normalized spacial score (nSPS) is 11.5. The van der Waals surface area contributed by atoms with Crippen LogP contribution in [0.25, 0.3) is 0 Å². The van der Waals surface area contributed by atoms with Crippen LogP contribution in [0.2, 0.25) is 0 Å². The van der Waals surface area contributed by atoms with Gasteiger partial charge in [0.25, 0.3) is 0 Å². The van der Waals surface area contributed by atoms with Crippen LogP contribution in [0.15, 0.2) is 54.6 Å². The second kappa shape index (κ2) is 8.72. The summed E-state index contributed by atoms with van der Waals surface area (Å²) in [5, 5.41) is 5.45. The van der Waals surface area contributed by atoms with Gasteiger partial charge < -0.3 is 16.4 Å². The molecule has 0 spiro atoms. The first kappa shape index (κ1) is 17.5. The van der Waals surface area contributed by atoms with E-state index in [-0.39, 0.29) is 11.8 Å². The average molecular weight is 325 g/mol. The van der Waals surface area contributed by atoms with Gasteiger partial charge in [-0.05, 0) is 35.6 Å². The van der Waals surface area contributed by atoms with Crippen LogP contribution in [0.5, 0.6) is 0 Å². The molecule has 3 amide bonds. The fourth-order valence-corrected chi connectivity index (χ4v) is 2.62. The minimum atomic E-state index is -0.607. The van der Waals surface area contributed by atoms with E-state index in [9.17, 15) is 9.59 Å². The first-order chi connectivity index (χ1) is 11.6. The Morgan fingerprint density at radius 2 is 1.83 bits per heavy atom. The molecule has 5 heteroatoms. The lowest BCUT2D eigenvalue weighted by Gasteiger charge is -2.15. The van der Waals surface area contributed by atoms with Crippen LogP contribution < -0.4 is 16.4 Å². The highest BCUT2D eigenvalue weighted by molar-refractivity contribution is 5.87. The number of anilines is 1. The van der Waals surface area contributed by atoms with Gasteiger partial charge in [-0.3, -0.25) is 4.79 Å². The van der Waals surface area contributed by atoms with E-state index in [4.69, 9.17) is 5.73 Å². The predicted molar refractivity (Wildman–Crippen MR) is 95.6 cm³/mol. The van der Waals surface area contributed by atoms with Gasteiger partial charge in [-0.25, -0.2) is 4.79 Å². The Hall–Kier alpha value is -2.82. The average Bonchev–Trinajstić information content (AvgIpc) is 2.58. The van der Waals surface area contributed by atoms with Gasteiger partial charge in [0, 0.05) is 18.7 Å². The number of carbonyl (C=O) groups is 2. The molecule has 2 rings (SSSR count). The van der Waals surface area contributed by atoms with Crippen LogP contribution in [-0.2, 0) is 11.3 Å². The van der Waals surface area contributed by atoms with Crippen molar-refractivity contribution >= 4 is 17.6 Å². The fraction of sp³-hybridized carbons (Fsp3) is 0.263. The van der Waals surface area contributed by atoms with E-state index in [2.05, 4.69) is 29.7 Å². The maximum absolute atomic E-state index is 12.2.